The predicted molar refractivity (Wildman–Crippen MR) is 87.1 cm³/mol. The number of carbonyl (C=O) groups is 1. The average Bonchev–Trinajstić information content (AvgIpc) is 2.86. The molecule has 0 aromatic carbocycles. The quantitative estimate of drug-likeness (QED) is 0.931. The lowest BCUT2D eigenvalue weighted by atomic mass is 10.1. The Morgan fingerprint density at radius 3 is 2.77 bits per heavy atom. The van der Waals surface area contributed by atoms with Gasteiger partial charge in [0, 0.05) is 31.4 Å². The number of carbonyl (C=O) groups excluding carboxylic acids is 1. The minimum absolute atomic E-state index is 0.225. The molecule has 1 aliphatic heterocycles. The maximum atomic E-state index is 12.2. The minimum Gasteiger partial charge on any atom is -0.444 e. The Morgan fingerprint density at radius 2 is 2.18 bits per heavy atom. The molecular weight excluding hydrogens is 280 g/mol. The number of hydrogen-bond acceptors (Lipinski definition) is 4. The van der Waals surface area contributed by atoms with Crippen molar-refractivity contribution < 1.29 is 9.53 Å². The number of nitrogens with one attached hydrogen (secondary N) is 1. The molecule has 0 saturated carbocycles. The van der Waals surface area contributed by atoms with Crippen LogP contribution in [0.25, 0.3) is 0 Å². The third-order valence-corrected chi connectivity index (χ3v) is 3.57. The summed E-state index contributed by atoms with van der Waals surface area (Å²) in [6.45, 7) is 11.3. The maximum absolute atomic E-state index is 12.2. The number of amides is 1. The van der Waals surface area contributed by atoms with Gasteiger partial charge in [0.05, 0.1) is 11.9 Å². The molecule has 0 aliphatic carbocycles. The van der Waals surface area contributed by atoms with Gasteiger partial charge in [-0.3, -0.25) is 4.68 Å². The van der Waals surface area contributed by atoms with Gasteiger partial charge in [0.25, 0.3) is 0 Å². The second-order valence-corrected chi connectivity index (χ2v) is 7.21. The number of likely N-dealkylation sites (tertiary alicyclic amines) is 1. The molecule has 124 valence electrons. The van der Waals surface area contributed by atoms with Crippen molar-refractivity contribution in [2.24, 2.45) is 0 Å². The maximum Gasteiger partial charge on any atom is 0.410 e. The predicted octanol–water partition coefficient (Wildman–Crippen LogP) is 3.28. The fourth-order valence-corrected chi connectivity index (χ4v) is 2.52. The molecule has 0 unspecified atom stereocenters. The van der Waals surface area contributed by atoms with Crippen LogP contribution in [0.4, 0.5) is 10.5 Å². The summed E-state index contributed by atoms with van der Waals surface area (Å²) in [5.74, 6) is 0. The van der Waals surface area contributed by atoms with E-state index in [-0.39, 0.29) is 12.1 Å². The molecule has 0 bridgehead atoms. The van der Waals surface area contributed by atoms with E-state index in [9.17, 15) is 4.79 Å². The summed E-state index contributed by atoms with van der Waals surface area (Å²) in [5.41, 5.74) is 0.556. The molecule has 0 spiro atoms. The van der Waals surface area contributed by atoms with E-state index in [0.29, 0.717) is 12.6 Å². The van der Waals surface area contributed by atoms with Crippen LogP contribution in [0.1, 0.15) is 53.5 Å². The van der Waals surface area contributed by atoms with E-state index in [1.54, 1.807) is 4.90 Å². The highest BCUT2D eigenvalue weighted by Crippen LogP contribution is 2.19. The fraction of sp³-hybridized carbons (Fsp3) is 0.750. The van der Waals surface area contributed by atoms with Crippen LogP contribution in [0.2, 0.25) is 0 Å². The Labute approximate surface area is 132 Å². The molecule has 22 heavy (non-hydrogen) atoms. The molecule has 1 fully saturated rings. The number of rotatable bonds is 3. The highest BCUT2D eigenvalue weighted by atomic mass is 16.6. The lowest BCUT2D eigenvalue weighted by Gasteiger charge is -2.34. The topological polar surface area (TPSA) is 59.4 Å². The molecule has 1 aliphatic rings. The van der Waals surface area contributed by atoms with Crippen molar-refractivity contribution in [2.75, 3.05) is 18.4 Å². The van der Waals surface area contributed by atoms with Crippen LogP contribution < -0.4 is 5.32 Å². The SMILES string of the molecule is CC(C)n1cc(N[C@@H]2CCCN(C(=O)OC(C)(C)C)C2)cn1. The van der Waals surface area contributed by atoms with Crippen molar-refractivity contribution in [2.45, 2.75) is 65.1 Å². The first-order chi connectivity index (χ1) is 10.2. The standard InChI is InChI=1S/C16H28N4O2/c1-12(2)20-11-14(9-17-20)18-13-7-6-8-19(10-13)15(21)22-16(3,4)5/h9,11-13,18H,6-8,10H2,1-5H3/t13-/m1/s1. The normalized spacial score (nSPS) is 19.4. The monoisotopic (exact) mass is 308 g/mol. The Kier molecular flexibility index (Phi) is 4.98. The molecule has 1 N–H and O–H groups in total. The molecule has 1 saturated heterocycles. The number of hydrogen-bond donors (Lipinski definition) is 1. The van der Waals surface area contributed by atoms with Crippen molar-refractivity contribution in [3.05, 3.63) is 12.4 Å². The largest absolute Gasteiger partial charge is 0.444 e. The first kappa shape index (κ1) is 16.6. The molecular formula is C16H28N4O2. The van der Waals surface area contributed by atoms with Gasteiger partial charge in [-0.2, -0.15) is 5.10 Å². The van der Waals surface area contributed by atoms with Gasteiger partial charge in [0.1, 0.15) is 5.60 Å². The van der Waals surface area contributed by atoms with E-state index >= 15 is 0 Å². The summed E-state index contributed by atoms with van der Waals surface area (Å²) in [6, 6.07) is 0.589. The van der Waals surface area contributed by atoms with Gasteiger partial charge in [-0.05, 0) is 47.5 Å². The number of anilines is 1. The minimum atomic E-state index is -0.449. The Hall–Kier alpha value is -1.72. The fourth-order valence-electron chi connectivity index (χ4n) is 2.52. The first-order valence-electron chi connectivity index (χ1n) is 8.03. The average molecular weight is 308 g/mol. The van der Waals surface area contributed by atoms with Crippen molar-refractivity contribution in [3.8, 4) is 0 Å². The van der Waals surface area contributed by atoms with Crippen LogP contribution in [0.15, 0.2) is 12.4 Å². The van der Waals surface area contributed by atoms with Crippen LogP contribution in [0.5, 0.6) is 0 Å². The van der Waals surface area contributed by atoms with E-state index in [2.05, 4.69) is 24.3 Å². The van der Waals surface area contributed by atoms with Crippen molar-refractivity contribution in [1.82, 2.24) is 14.7 Å². The Bertz CT molecular complexity index is 504. The molecule has 1 aromatic rings. The molecule has 2 rings (SSSR count). The second-order valence-electron chi connectivity index (χ2n) is 7.21. The van der Waals surface area contributed by atoms with Gasteiger partial charge >= 0.3 is 6.09 Å². The Morgan fingerprint density at radius 1 is 1.45 bits per heavy atom. The number of aromatic nitrogens is 2. The van der Waals surface area contributed by atoms with Gasteiger partial charge in [0.2, 0.25) is 0 Å². The van der Waals surface area contributed by atoms with Crippen LogP contribution in [-0.4, -0.2) is 45.5 Å². The molecule has 6 nitrogen and oxygen atoms in total. The number of ether oxygens (including phenoxy) is 1. The molecule has 1 amide bonds. The summed E-state index contributed by atoms with van der Waals surface area (Å²) >= 11 is 0. The lowest BCUT2D eigenvalue weighted by molar-refractivity contribution is 0.0206. The van der Waals surface area contributed by atoms with Crippen LogP contribution in [-0.2, 0) is 4.74 Å². The zero-order valence-corrected chi connectivity index (χ0v) is 14.3. The van der Waals surface area contributed by atoms with Crippen LogP contribution in [0.3, 0.4) is 0 Å². The zero-order valence-electron chi connectivity index (χ0n) is 14.3. The summed E-state index contributed by atoms with van der Waals surface area (Å²) in [7, 11) is 0. The number of nitrogens with zero attached hydrogens (tertiary/aromatic N) is 3. The van der Waals surface area contributed by atoms with Gasteiger partial charge in [-0.1, -0.05) is 0 Å². The third kappa shape index (κ3) is 4.64. The van der Waals surface area contributed by atoms with E-state index in [1.165, 1.54) is 0 Å². The number of piperidine rings is 1. The van der Waals surface area contributed by atoms with Gasteiger partial charge < -0.3 is 15.0 Å². The van der Waals surface area contributed by atoms with E-state index in [1.807, 2.05) is 37.8 Å². The zero-order chi connectivity index (χ0) is 16.3. The third-order valence-electron chi connectivity index (χ3n) is 3.57. The highest BCUT2D eigenvalue weighted by molar-refractivity contribution is 5.68. The molecule has 0 radical (unpaired) electrons. The van der Waals surface area contributed by atoms with Crippen LogP contribution in [0, 0.1) is 0 Å². The van der Waals surface area contributed by atoms with Gasteiger partial charge in [-0.15, -0.1) is 0 Å². The van der Waals surface area contributed by atoms with Crippen LogP contribution >= 0.6 is 0 Å². The summed E-state index contributed by atoms with van der Waals surface area (Å²) < 4.78 is 7.38. The van der Waals surface area contributed by atoms with E-state index < -0.39 is 5.60 Å². The molecule has 1 aromatic heterocycles. The van der Waals surface area contributed by atoms with Crippen molar-refractivity contribution in [3.63, 3.8) is 0 Å². The van der Waals surface area contributed by atoms with Gasteiger partial charge in [-0.25, -0.2) is 4.79 Å². The van der Waals surface area contributed by atoms with Crippen molar-refractivity contribution >= 4 is 11.8 Å². The summed E-state index contributed by atoms with van der Waals surface area (Å²) in [4.78, 5) is 14.0. The molecule has 6 heteroatoms. The molecule has 2 heterocycles. The van der Waals surface area contributed by atoms with Gasteiger partial charge in [0.15, 0.2) is 0 Å². The summed E-state index contributed by atoms with van der Waals surface area (Å²) in [6.07, 6.45) is 5.65. The van der Waals surface area contributed by atoms with E-state index in [4.69, 9.17) is 4.74 Å². The first-order valence-corrected chi connectivity index (χ1v) is 8.03. The second kappa shape index (κ2) is 6.58. The lowest BCUT2D eigenvalue weighted by Crippen LogP contribution is -2.46. The summed E-state index contributed by atoms with van der Waals surface area (Å²) in [5, 5.41) is 7.80. The smallest absolute Gasteiger partial charge is 0.410 e. The van der Waals surface area contributed by atoms with Crippen molar-refractivity contribution in [1.29, 1.82) is 0 Å². The molecule has 1 atom stereocenters. The Balaban J connectivity index is 1.91. The highest BCUT2D eigenvalue weighted by Gasteiger charge is 2.27. The van der Waals surface area contributed by atoms with E-state index in [0.717, 1.165) is 25.1 Å².